The summed E-state index contributed by atoms with van der Waals surface area (Å²) in [7, 11) is 3.28. The number of rotatable bonds is 6. The maximum atomic E-state index is 11.8. The van der Waals surface area contributed by atoms with Gasteiger partial charge in [0.2, 0.25) is 0 Å². The molecule has 5 heteroatoms. The Morgan fingerprint density at radius 1 is 1.41 bits per heavy atom. The quantitative estimate of drug-likeness (QED) is 0.775. The lowest BCUT2D eigenvalue weighted by molar-refractivity contribution is 0.0110. The molecule has 0 aromatic heterocycles. The number of carbonyl (C=O) groups is 1. The molecule has 0 aliphatic heterocycles. The minimum absolute atomic E-state index is 0.0676. The second-order valence-electron chi connectivity index (χ2n) is 5.07. The van der Waals surface area contributed by atoms with Gasteiger partial charge in [-0.1, -0.05) is 0 Å². The first-order valence-electron chi connectivity index (χ1n) is 5.87. The molecule has 0 bridgehead atoms. The van der Waals surface area contributed by atoms with E-state index in [1.807, 2.05) is 20.8 Å². The summed E-state index contributed by atoms with van der Waals surface area (Å²) in [5.41, 5.74) is -0.500. The molecule has 0 saturated heterocycles. The zero-order valence-corrected chi connectivity index (χ0v) is 11.5. The highest BCUT2D eigenvalue weighted by molar-refractivity contribution is 5.68. The van der Waals surface area contributed by atoms with Gasteiger partial charge in [0.1, 0.15) is 5.60 Å². The fourth-order valence-electron chi connectivity index (χ4n) is 1.39. The van der Waals surface area contributed by atoms with Crippen molar-refractivity contribution < 1.29 is 19.4 Å². The van der Waals surface area contributed by atoms with Crippen LogP contribution in [0.2, 0.25) is 0 Å². The smallest absolute Gasteiger partial charge is 0.410 e. The van der Waals surface area contributed by atoms with E-state index in [0.29, 0.717) is 19.4 Å². The molecule has 0 fully saturated rings. The van der Waals surface area contributed by atoms with E-state index in [-0.39, 0.29) is 18.7 Å². The van der Waals surface area contributed by atoms with Crippen molar-refractivity contribution >= 4 is 6.09 Å². The molecule has 17 heavy (non-hydrogen) atoms. The van der Waals surface area contributed by atoms with Gasteiger partial charge in [-0.3, -0.25) is 0 Å². The normalized spacial score (nSPS) is 13.3. The molecule has 0 spiro atoms. The molecule has 1 atom stereocenters. The first kappa shape index (κ1) is 16.2. The van der Waals surface area contributed by atoms with Gasteiger partial charge in [-0.05, 0) is 33.6 Å². The molecule has 0 heterocycles. The van der Waals surface area contributed by atoms with E-state index in [4.69, 9.17) is 14.6 Å². The van der Waals surface area contributed by atoms with Gasteiger partial charge in [-0.15, -0.1) is 0 Å². The molecule has 0 aromatic carbocycles. The van der Waals surface area contributed by atoms with E-state index >= 15 is 0 Å². The van der Waals surface area contributed by atoms with Gasteiger partial charge in [0.05, 0.1) is 12.6 Å². The summed E-state index contributed by atoms with van der Waals surface area (Å²) in [6, 6.07) is -0.0676. The van der Waals surface area contributed by atoms with Gasteiger partial charge in [0, 0.05) is 20.8 Å². The lowest BCUT2D eigenvalue weighted by Gasteiger charge is -2.30. The van der Waals surface area contributed by atoms with Crippen LogP contribution < -0.4 is 0 Å². The number of aliphatic hydroxyl groups excluding tert-OH is 1. The van der Waals surface area contributed by atoms with E-state index in [1.165, 1.54) is 4.90 Å². The number of aliphatic hydroxyl groups is 1. The Labute approximate surface area is 104 Å². The lowest BCUT2D eigenvalue weighted by atomic mass is 10.1. The number of methoxy groups -OCH3 is 1. The largest absolute Gasteiger partial charge is 0.444 e. The van der Waals surface area contributed by atoms with Crippen molar-refractivity contribution in [3.05, 3.63) is 0 Å². The third-order valence-electron chi connectivity index (χ3n) is 2.28. The molecular weight excluding hydrogens is 222 g/mol. The van der Waals surface area contributed by atoms with Crippen LogP contribution in [0.4, 0.5) is 4.79 Å². The maximum Gasteiger partial charge on any atom is 0.410 e. The summed E-state index contributed by atoms with van der Waals surface area (Å²) in [6.45, 7) is 6.05. The Balaban J connectivity index is 4.37. The van der Waals surface area contributed by atoms with E-state index in [1.54, 1.807) is 14.2 Å². The second kappa shape index (κ2) is 7.50. The van der Waals surface area contributed by atoms with E-state index < -0.39 is 5.60 Å². The van der Waals surface area contributed by atoms with Gasteiger partial charge in [-0.2, -0.15) is 0 Å². The molecule has 0 saturated carbocycles. The number of carbonyl (C=O) groups excluding carboxylic acids is 1. The summed E-state index contributed by atoms with van der Waals surface area (Å²) in [4.78, 5) is 13.4. The maximum absolute atomic E-state index is 11.8. The van der Waals surface area contributed by atoms with E-state index in [0.717, 1.165) is 0 Å². The number of amides is 1. The van der Waals surface area contributed by atoms with Crippen LogP contribution in [0, 0.1) is 0 Å². The third-order valence-corrected chi connectivity index (χ3v) is 2.28. The summed E-state index contributed by atoms with van der Waals surface area (Å²) in [6.07, 6.45) is 0.971. The van der Waals surface area contributed by atoms with Crippen molar-refractivity contribution in [1.29, 1.82) is 0 Å². The summed E-state index contributed by atoms with van der Waals surface area (Å²) >= 11 is 0. The zero-order valence-electron chi connectivity index (χ0n) is 11.5. The van der Waals surface area contributed by atoms with Gasteiger partial charge in [0.15, 0.2) is 0 Å². The predicted octanol–water partition coefficient (Wildman–Crippen LogP) is 1.64. The van der Waals surface area contributed by atoms with Crippen molar-refractivity contribution in [2.75, 3.05) is 27.4 Å². The van der Waals surface area contributed by atoms with E-state index in [9.17, 15) is 4.79 Å². The molecule has 0 rings (SSSR count). The van der Waals surface area contributed by atoms with Gasteiger partial charge in [0.25, 0.3) is 0 Å². The molecular formula is C12H25NO4. The Morgan fingerprint density at radius 3 is 2.41 bits per heavy atom. The van der Waals surface area contributed by atoms with Crippen LogP contribution in [-0.2, 0) is 9.47 Å². The monoisotopic (exact) mass is 247 g/mol. The van der Waals surface area contributed by atoms with Crippen molar-refractivity contribution in [3.8, 4) is 0 Å². The molecule has 5 nitrogen and oxygen atoms in total. The van der Waals surface area contributed by atoms with Gasteiger partial charge >= 0.3 is 6.09 Å². The summed E-state index contributed by atoms with van der Waals surface area (Å²) < 4.78 is 10.3. The number of hydrogen-bond acceptors (Lipinski definition) is 4. The highest BCUT2D eigenvalue weighted by atomic mass is 16.6. The number of hydrogen-bond donors (Lipinski definition) is 1. The standard InChI is InChI=1S/C12H25NO4/c1-12(2,3)17-11(15)13(4)10(9-16-5)7-6-8-14/h10,14H,6-9H2,1-5H3. The van der Waals surface area contributed by atoms with Crippen LogP contribution in [-0.4, -0.2) is 55.1 Å². The van der Waals surface area contributed by atoms with Crippen LogP contribution in [0.15, 0.2) is 0 Å². The molecule has 0 aliphatic carbocycles. The molecule has 102 valence electrons. The molecule has 1 N–H and O–H groups in total. The van der Waals surface area contributed by atoms with Crippen molar-refractivity contribution in [2.24, 2.45) is 0 Å². The third kappa shape index (κ3) is 7.18. The molecule has 0 radical (unpaired) electrons. The molecule has 1 amide bonds. The number of nitrogens with zero attached hydrogens (tertiary/aromatic N) is 1. The first-order chi connectivity index (χ1) is 7.81. The first-order valence-corrected chi connectivity index (χ1v) is 5.87. The fourth-order valence-corrected chi connectivity index (χ4v) is 1.39. The van der Waals surface area contributed by atoms with Gasteiger partial charge in [-0.25, -0.2) is 4.79 Å². The van der Waals surface area contributed by atoms with Crippen LogP contribution >= 0.6 is 0 Å². The Morgan fingerprint density at radius 2 is 2.00 bits per heavy atom. The molecule has 1 unspecified atom stereocenters. The van der Waals surface area contributed by atoms with Crippen LogP contribution in [0.5, 0.6) is 0 Å². The average molecular weight is 247 g/mol. The Hall–Kier alpha value is -0.810. The lowest BCUT2D eigenvalue weighted by Crippen LogP contribution is -2.43. The highest BCUT2D eigenvalue weighted by Gasteiger charge is 2.24. The predicted molar refractivity (Wildman–Crippen MR) is 66.0 cm³/mol. The van der Waals surface area contributed by atoms with Crippen molar-refractivity contribution in [2.45, 2.75) is 45.3 Å². The van der Waals surface area contributed by atoms with E-state index in [2.05, 4.69) is 0 Å². The van der Waals surface area contributed by atoms with Crippen LogP contribution in [0.3, 0.4) is 0 Å². The minimum atomic E-state index is -0.500. The fraction of sp³-hybridized carbons (Fsp3) is 0.917. The zero-order chi connectivity index (χ0) is 13.5. The number of likely N-dealkylation sites (N-methyl/N-ethyl adjacent to an activating group) is 1. The summed E-state index contributed by atoms with van der Waals surface area (Å²) in [5, 5.41) is 8.81. The SMILES string of the molecule is COCC(CCCO)N(C)C(=O)OC(C)(C)C. The van der Waals surface area contributed by atoms with Crippen molar-refractivity contribution in [1.82, 2.24) is 4.90 Å². The Bertz CT molecular complexity index is 225. The van der Waals surface area contributed by atoms with Crippen LogP contribution in [0.1, 0.15) is 33.6 Å². The second-order valence-corrected chi connectivity index (χ2v) is 5.07. The molecule has 0 aliphatic rings. The highest BCUT2D eigenvalue weighted by Crippen LogP contribution is 2.13. The summed E-state index contributed by atoms with van der Waals surface area (Å²) in [5.74, 6) is 0. The van der Waals surface area contributed by atoms with Gasteiger partial charge < -0.3 is 19.5 Å². The van der Waals surface area contributed by atoms with Crippen LogP contribution in [0.25, 0.3) is 0 Å². The number of ether oxygens (including phenoxy) is 2. The van der Waals surface area contributed by atoms with Crippen molar-refractivity contribution in [3.63, 3.8) is 0 Å². The Kier molecular flexibility index (Phi) is 7.15. The molecule has 0 aromatic rings. The topological polar surface area (TPSA) is 59.0 Å². The average Bonchev–Trinajstić information content (AvgIpc) is 2.20. The minimum Gasteiger partial charge on any atom is -0.444 e.